The van der Waals surface area contributed by atoms with Crippen LogP contribution in [0.5, 0.6) is 0 Å². The minimum Gasteiger partial charge on any atom is -0.460 e. The molecule has 0 spiro atoms. The third-order valence-electron chi connectivity index (χ3n) is 4.55. The zero-order chi connectivity index (χ0) is 20.8. The van der Waals surface area contributed by atoms with E-state index in [9.17, 15) is 19.2 Å². The molecule has 0 aromatic heterocycles. The van der Waals surface area contributed by atoms with Gasteiger partial charge in [0.05, 0.1) is 0 Å². The highest BCUT2D eigenvalue weighted by atomic mass is 16.5. The highest BCUT2D eigenvalue weighted by molar-refractivity contribution is 5.98. The van der Waals surface area contributed by atoms with Crippen molar-refractivity contribution in [2.24, 2.45) is 5.73 Å². The summed E-state index contributed by atoms with van der Waals surface area (Å²) in [6, 6.07) is 13.0. The van der Waals surface area contributed by atoms with E-state index in [-0.39, 0.29) is 19.1 Å². The maximum atomic E-state index is 12.2. The number of hydrogen-bond acceptors (Lipinski definition) is 5. The highest BCUT2D eigenvalue weighted by Crippen LogP contribution is 2.21. The second kappa shape index (κ2) is 9.01. The molecule has 3 amide bonds. The zero-order valence-corrected chi connectivity index (χ0v) is 15.7. The molecule has 0 aliphatic carbocycles. The lowest BCUT2D eigenvalue weighted by atomic mass is 10.1. The van der Waals surface area contributed by atoms with Crippen molar-refractivity contribution >= 4 is 29.4 Å². The van der Waals surface area contributed by atoms with Crippen LogP contribution >= 0.6 is 0 Å². The number of carbonyl (C=O) groups is 4. The van der Waals surface area contributed by atoms with Crippen molar-refractivity contribution in [1.29, 1.82) is 0 Å². The Morgan fingerprint density at radius 2 is 1.66 bits per heavy atom. The van der Waals surface area contributed by atoms with E-state index in [4.69, 9.17) is 10.5 Å². The normalized spacial score (nSPS) is 13.2. The van der Waals surface area contributed by atoms with Crippen LogP contribution in [0.3, 0.4) is 0 Å². The van der Waals surface area contributed by atoms with E-state index in [0.29, 0.717) is 29.7 Å². The Bertz CT molecular complexity index is 922. The largest absolute Gasteiger partial charge is 0.460 e. The number of nitrogens with zero attached hydrogens (tertiary/aromatic N) is 1. The zero-order valence-electron chi connectivity index (χ0n) is 15.7. The molecule has 150 valence electrons. The number of amides is 3. The van der Waals surface area contributed by atoms with Crippen LogP contribution in [0.25, 0.3) is 0 Å². The fourth-order valence-electron chi connectivity index (χ4n) is 2.95. The van der Waals surface area contributed by atoms with Crippen LogP contribution in [0.1, 0.15) is 39.1 Å². The minimum atomic E-state index is -0.586. The van der Waals surface area contributed by atoms with Crippen molar-refractivity contribution in [2.75, 3.05) is 18.0 Å². The molecule has 0 radical (unpaired) electrons. The molecule has 2 aromatic rings. The fraction of sp³-hybridized carbons (Fsp3) is 0.238. The van der Waals surface area contributed by atoms with Crippen LogP contribution in [0, 0.1) is 0 Å². The average Bonchev–Trinajstić information content (AvgIpc) is 3.16. The Morgan fingerprint density at radius 3 is 2.24 bits per heavy atom. The van der Waals surface area contributed by atoms with Crippen molar-refractivity contribution in [3.63, 3.8) is 0 Å². The van der Waals surface area contributed by atoms with E-state index in [1.165, 1.54) is 0 Å². The summed E-state index contributed by atoms with van der Waals surface area (Å²) < 4.78 is 5.10. The van der Waals surface area contributed by atoms with Gasteiger partial charge in [0.1, 0.15) is 13.2 Å². The second-order valence-electron chi connectivity index (χ2n) is 6.60. The molecule has 1 fully saturated rings. The summed E-state index contributed by atoms with van der Waals surface area (Å²) in [6.07, 6.45) is 1.37. The molecular weight excluding hydrogens is 374 g/mol. The molecule has 3 rings (SSSR count). The molecule has 0 bridgehead atoms. The quantitative estimate of drug-likeness (QED) is 0.687. The molecule has 8 heteroatoms. The van der Waals surface area contributed by atoms with Crippen molar-refractivity contribution in [3.8, 4) is 0 Å². The number of hydrogen-bond donors (Lipinski definition) is 2. The Labute approximate surface area is 167 Å². The number of rotatable bonds is 7. The van der Waals surface area contributed by atoms with Crippen molar-refractivity contribution in [1.82, 2.24) is 5.32 Å². The van der Waals surface area contributed by atoms with Crippen LogP contribution < -0.4 is 16.0 Å². The van der Waals surface area contributed by atoms with Gasteiger partial charge in [-0.2, -0.15) is 0 Å². The van der Waals surface area contributed by atoms with E-state index >= 15 is 0 Å². The van der Waals surface area contributed by atoms with E-state index in [1.807, 2.05) is 0 Å². The van der Waals surface area contributed by atoms with Gasteiger partial charge < -0.3 is 20.7 Å². The highest BCUT2D eigenvalue weighted by Gasteiger charge is 2.21. The fourth-order valence-corrected chi connectivity index (χ4v) is 2.95. The van der Waals surface area contributed by atoms with Gasteiger partial charge in [-0.05, 0) is 48.4 Å². The van der Waals surface area contributed by atoms with E-state index in [0.717, 1.165) is 12.1 Å². The summed E-state index contributed by atoms with van der Waals surface area (Å²) in [5, 5.41) is 2.50. The van der Waals surface area contributed by atoms with Crippen LogP contribution in [-0.2, 0) is 20.9 Å². The minimum absolute atomic E-state index is 0.0201. The summed E-state index contributed by atoms with van der Waals surface area (Å²) in [4.78, 5) is 48.5. The lowest BCUT2D eigenvalue weighted by Gasteiger charge is -2.15. The van der Waals surface area contributed by atoms with Gasteiger partial charge in [0.25, 0.3) is 5.91 Å². The Morgan fingerprint density at radius 1 is 1.00 bits per heavy atom. The monoisotopic (exact) mass is 395 g/mol. The number of primary amides is 1. The summed E-state index contributed by atoms with van der Waals surface area (Å²) in [5.74, 6) is -1.45. The van der Waals surface area contributed by atoms with Gasteiger partial charge >= 0.3 is 5.97 Å². The molecule has 0 atom stereocenters. The van der Waals surface area contributed by atoms with Gasteiger partial charge in [0.2, 0.25) is 11.8 Å². The van der Waals surface area contributed by atoms with E-state index in [1.54, 1.807) is 53.4 Å². The molecule has 1 aliphatic rings. The van der Waals surface area contributed by atoms with Crippen LogP contribution in [0.15, 0.2) is 48.5 Å². The van der Waals surface area contributed by atoms with Gasteiger partial charge in [-0.25, -0.2) is 0 Å². The number of nitrogens with one attached hydrogen (secondary N) is 1. The van der Waals surface area contributed by atoms with Gasteiger partial charge in [0, 0.05) is 29.8 Å². The number of carbonyl (C=O) groups excluding carboxylic acids is 4. The Balaban J connectivity index is 1.45. The van der Waals surface area contributed by atoms with E-state index in [2.05, 4.69) is 5.32 Å². The van der Waals surface area contributed by atoms with Gasteiger partial charge in [-0.1, -0.05) is 12.1 Å². The SMILES string of the molecule is NC(=O)c1ccc(COC(=O)CNC(=O)c2ccc(N3CCCC3=O)cc2)cc1. The molecule has 3 N–H and O–H groups in total. The predicted molar refractivity (Wildman–Crippen MR) is 105 cm³/mol. The Hall–Kier alpha value is -3.68. The molecule has 2 aromatic carbocycles. The maximum absolute atomic E-state index is 12.2. The molecule has 0 unspecified atom stereocenters. The van der Waals surface area contributed by atoms with E-state index < -0.39 is 17.8 Å². The summed E-state index contributed by atoms with van der Waals surface area (Å²) in [7, 11) is 0. The molecule has 1 aliphatic heterocycles. The number of nitrogens with two attached hydrogens (primary N) is 1. The number of esters is 1. The molecule has 29 heavy (non-hydrogen) atoms. The topological polar surface area (TPSA) is 119 Å². The first-order valence-corrected chi connectivity index (χ1v) is 9.17. The third-order valence-corrected chi connectivity index (χ3v) is 4.55. The molecule has 8 nitrogen and oxygen atoms in total. The van der Waals surface area contributed by atoms with Gasteiger partial charge in [-0.3, -0.25) is 19.2 Å². The van der Waals surface area contributed by atoms with Gasteiger partial charge in [-0.15, -0.1) is 0 Å². The molecule has 0 saturated carbocycles. The first kappa shape index (κ1) is 20.1. The average molecular weight is 395 g/mol. The summed E-state index contributed by atoms with van der Waals surface area (Å²) in [5.41, 5.74) is 7.37. The lowest BCUT2D eigenvalue weighted by molar-refractivity contribution is -0.143. The summed E-state index contributed by atoms with van der Waals surface area (Å²) >= 11 is 0. The Kier molecular flexibility index (Phi) is 6.23. The first-order chi connectivity index (χ1) is 13.9. The number of benzene rings is 2. The lowest BCUT2D eigenvalue weighted by Crippen LogP contribution is -2.30. The van der Waals surface area contributed by atoms with Crippen LogP contribution in [0.2, 0.25) is 0 Å². The second-order valence-corrected chi connectivity index (χ2v) is 6.60. The third kappa shape index (κ3) is 5.19. The predicted octanol–water partition coefficient (Wildman–Crippen LogP) is 1.39. The first-order valence-electron chi connectivity index (χ1n) is 9.17. The van der Waals surface area contributed by atoms with Gasteiger partial charge in [0.15, 0.2) is 0 Å². The van der Waals surface area contributed by atoms with Crippen LogP contribution in [0.4, 0.5) is 5.69 Å². The van der Waals surface area contributed by atoms with Crippen molar-refractivity contribution in [2.45, 2.75) is 19.4 Å². The van der Waals surface area contributed by atoms with Crippen molar-refractivity contribution < 1.29 is 23.9 Å². The van der Waals surface area contributed by atoms with Crippen molar-refractivity contribution in [3.05, 3.63) is 65.2 Å². The smallest absolute Gasteiger partial charge is 0.325 e. The molecule has 1 heterocycles. The standard InChI is InChI=1S/C21H21N3O5/c22-20(27)15-5-3-14(4-6-15)13-29-19(26)12-23-21(28)16-7-9-17(10-8-16)24-11-1-2-18(24)25/h3-10H,1-2,11-13H2,(H2,22,27)(H,23,28). The number of ether oxygens (including phenoxy) is 1. The maximum Gasteiger partial charge on any atom is 0.325 e. The molecule has 1 saturated heterocycles. The number of anilines is 1. The summed E-state index contributed by atoms with van der Waals surface area (Å²) in [6.45, 7) is 0.429. The molecular formula is C21H21N3O5. The van der Waals surface area contributed by atoms with Crippen LogP contribution in [-0.4, -0.2) is 36.8 Å².